The maximum atomic E-state index is 11.4. The summed E-state index contributed by atoms with van der Waals surface area (Å²) in [6.07, 6.45) is 7.50. The Morgan fingerprint density at radius 3 is 3.06 bits per heavy atom. The van der Waals surface area contributed by atoms with Crippen molar-refractivity contribution in [2.24, 2.45) is 0 Å². The highest BCUT2D eigenvalue weighted by Crippen LogP contribution is 2.13. The molecule has 0 aromatic carbocycles. The first-order valence-electron chi connectivity index (χ1n) is 6.87. The predicted octanol–water partition coefficient (Wildman–Crippen LogP) is 1.07. The van der Waals surface area contributed by atoms with Gasteiger partial charge in [-0.1, -0.05) is 6.92 Å². The quantitative estimate of drug-likeness (QED) is 0.825. The molecule has 0 amide bonds. The van der Waals surface area contributed by atoms with Crippen molar-refractivity contribution in [3.63, 3.8) is 0 Å². The van der Waals surface area contributed by atoms with E-state index in [1.54, 1.807) is 17.0 Å². The molecule has 1 saturated heterocycles. The fourth-order valence-electron chi connectivity index (χ4n) is 2.39. The molecule has 0 saturated carbocycles. The number of ether oxygens (including phenoxy) is 1. The van der Waals surface area contributed by atoms with E-state index in [1.807, 2.05) is 0 Å². The SMILES string of the molecule is CCN(CCn1cc[nH]c1=O)CC1CCCCO1. The highest BCUT2D eigenvalue weighted by atomic mass is 16.5. The second-order valence-electron chi connectivity index (χ2n) is 4.84. The highest BCUT2D eigenvalue weighted by molar-refractivity contribution is 4.77. The lowest BCUT2D eigenvalue weighted by molar-refractivity contribution is -0.00534. The van der Waals surface area contributed by atoms with Gasteiger partial charge in [0.2, 0.25) is 0 Å². The van der Waals surface area contributed by atoms with Crippen molar-refractivity contribution < 1.29 is 4.74 Å². The maximum Gasteiger partial charge on any atom is 0.325 e. The lowest BCUT2D eigenvalue weighted by Crippen LogP contribution is -2.38. The Hall–Kier alpha value is -1.07. The average Bonchev–Trinajstić information content (AvgIpc) is 2.81. The number of imidazole rings is 1. The first-order valence-corrected chi connectivity index (χ1v) is 6.87. The van der Waals surface area contributed by atoms with Crippen LogP contribution in [0.15, 0.2) is 17.2 Å². The van der Waals surface area contributed by atoms with E-state index < -0.39 is 0 Å². The van der Waals surface area contributed by atoms with Crippen LogP contribution in [-0.2, 0) is 11.3 Å². The van der Waals surface area contributed by atoms with Crippen LogP contribution in [0.1, 0.15) is 26.2 Å². The fraction of sp³-hybridized carbons (Fsp3) is 0.769. The molecule has 2 heterocycles. The molecule has 2 rings (SSSR count). The first-order chi connectivity index (χ1) is 8.79. The van der Waals surface area contributed by atoms with Crippen molar-refractivity contribution in [2.75, 3.05) is 26.2 Å². The third-order valence-corrected chi connectivity index (χ3v) is 3.56. The Kier molecular flexibility index (Phi) is 5.01. The number of nitrogens with zero attached hydrogens (tertiary/aromatic N) is 2. The summed E-state index contributed by atoms with van der Waals surface area (Å²) >= 11 is 0. The van der Waals surface area contributed by atoms with Crippen LogP contribution in [0.4, 0.5) is 0 Å². The zero-order valence-corrected chi connectivity index (χ0v) is 11.1. The number of aromatic amines is 1. The van der Waals surface area contributed by atoms with Crippen molar-refractivity contribution >= 4 is 0 Å². The summed E-state index contributed by atoms with van der Waals surface area (Å²) in [6, 6.07) is 0. The van der Waals surface area contributed by atoms with Gasteiger partial charge in [-0.15, -0.1) is 0 Å². The molecule has 18 heavy (non-hydrogen) atoms. The van der Waals surface area contributed by atoms with Crippen LogP contribution in [0.3, 0.4) is 0 Å². The molecule has 0 radical (unpaired) electrons. The van der Waals surface area contributed by atoms with Crippen LogP contribution in [0.25, 0.3) is 0 Å². The van der Waals surface area contributed by atoms with Gasteiger partial charge in [0, 0.05) is 38.6 Å². The van der Waals surface area contributed by atoms with Crippen molar-refractivity contribution in [1.82, 2.24) is 14.5 Å². The highest BCUT2D eigenvalue weighted by Gasteiger charge is 2.16. The lowest BCUT2D eigenvalue weighted by atomic mass is 10.1. The topological polar surface area (TPSA) is 50.3 Å². The Morgan fingerprint density at radius 1 is 1.56 bits per heavy atom. The summed E-state index contributed by atoms with van der Waals surface area (Å²) in [4.78, 5) is 16.4. The number of hydrogen-bond acceptors (Lipinski definition) is 3. The molecule has 5 heteroatoms. The van der Waals surface area contributed by atoms with Gasteiger partial charge in [-0.2, -0.15) is 0 Å². The first kappa shape index (κ1) is 13.4. The molecule has 0 spiro atoms. The Labute approximate surface area is 108 Å². The Morgan fingerprint density at radius 2 is 2.44 bits per heavy atom. The number of aromatic nitrogens is 2. The van der Waals surface area contributed by atoms with Gasteiger partial charge in [-0.25, -0.2) is 4.79 Å². The molecule has 1 unspecified atom stereocenters. The summed E-state index contributed by atoms with van der Waals surface area (Å²) in [5, 5.41) is 0. The van der Waals surface area contributed by atoms with Gasteiger partial charge in [0.25, 0.3) is 0 Å². The van der Waals surface area contributed by atoms with Gasteiger partial charge in [0.1, 0.15) is 0 Å². The summed E-state index contributed by atoms with van der Waals surface area (Å²) in [5.74, 6) is 0. The van der Waals surface area contributed by atoms with Gasteiger partial charge in [0.05, 0.1) is 6.10 Å². The number of hydrogen-bond donors (Lipinski definition) is 1. The van der Waals surface area contributed by atoms with Crippen LogP contribution in [-0.4, -0.2) is 46.8 Å². The standard InChI is InChI=1S/C13H23N3O2/c1-2-15(11-12-5-3-4-10-18-12)8-9-16-7-6-14-13(16)17/h6-7,12H,2-5,8-11H2,1H3,(H,14,17). The van der Waals surface area contributed by atoms with Crippen LogP contribution < -0.4 is 5.69 Å². The van der Waals surface area contributed by atoms with Crippen molar-refractivity contribution in [2.45, 2.75) is 38.8 Å². The molecule has 1 aliphatic rings. The molecule has 0 bridgehead atoms. The molecule has 1 atom stereocenters. The molecule has 102 valence electrons. The third-order valence-electron chi connectivity index (χ3n) is 3.56. The van der Waals surface area contributed by atoms with Gasteiger partial charge >= 0.3 is 5.69 Å². The minimum absolute atomic E-state index is 0.0278. The molecule has 1 fully saturated rings. The molecular formula is C13H23N3O2. The molecular weight excluding hydrogens is 230 g/mol. The van der Waals surface area contributed by atoms with Crippen LogP contribution in [0.5, 0.6) is 0 Å². The van der Waals surface area contributed by atoms with Gasteiger partial charge in [0.15, 0.2) is 0 Å². The fourth-order valence-corrected chi connectivity index (χ4v) is 2.39. The average molecular weight is 253 g/mol. The summed E-state index contributed by atoms with van der Waals surface area (Å²) < 4.78 is 7.47. The van der Waals surface area contributed by atoms with Crippen molar-refractivity contribution in [1.29, 1.82) is 0 Å². The Bertz CT molecular complexity index is 393. The van der Waals surface area contributed by atoms with Crippen LogP contribution in [0, 0.1) is 0 Å². The van der Waals surface area contributed by atoms with E-state index >= 15 is 0 Å². The second-order valence-corrected chi connectivity index (χ2v) is 4.84. The second kappa shape index (κ2) is 6.75. The van der Waals surface area contributed by atoms with E-state index in [2.05, 4.69) is 16.8 Å². The molecule has 1 N–H and O–H groups in total. The molecule has 1 aromatic rings. The number of likely N-dealkylation sites (N-methyl/N-ethyl adjacent to an activating group) is 1. The number of H-pyrrole nitrogens is 1. The largest absolute Gasteiger partial charge is 0.377 e. The molecule has 1 aliphatic heterocycles. The maximum absolute atomic E-state index is 11.4. The van der Waals surface area contributed by atoms with E-state index in [4.69, 9.17) is 4.74 Å². The molecule has 0 aliphatic carbocycles. The smallest absolute Gasteiger partial charge is 0.325 e. The zero-order valence-electron chi connectivity index (χ0n) is 11.1. The van der Waals surface area contributed by atoms with Gasteiger partial charge in [-0.05, 0) is 25.8 Å². The predicted molar refractivity (Wildman–Crippen MR) is 70.8 cm³/mol. The van der Waals surface area contributed by atoms with E-state index in [-0.39, 0.29) is 5.69 Å². The summed E-state index contributed by atoms with van der Waals surface area (Å²) in [7, 11) is 0. The minimum Gasteiger partial charge on any atom is -0.377 e. The summed E-state index contributed by atoms with van der Waals surface area (Å²) in [5.41, 5.74) is -0.0278. The Balaban J connectivity index is 1.78. The van der Waals surface area contributed by atoms with Gasteiger partial charge < -0.3 is 9.72 Å². The number of nitrogens with one attached hydrogen (secondary N) is 1. The van der Waals surface area contributed by atoms with E-state index in [1.165, 1.54) is 19.3 Å². The third kappa shape index (κ3) is 3.71. The summed E-state index contributed by atoms with van der Waals surface area (Å²) in [6.45, 7) is 6.67. The monoisotopic (exact) mass is 253 g/mol. The lowest BCUT2D eigenvalue weighted by Gasteiger charge is -2.29. The van der Waals surface area contributed by atoms with Gasteiger partial charge in [-0.3, -0.25) is 9.47 Å². The molecule has 5 nitrogen and oxygen atoms in total. The zero-order chi connectivity index (χ0) is 12.8. The molecule has 1 aromatic heterocycles. The normalized spacial score (nSPS) is 20.4. The van der Waals surface area contributed by atoms with Crippen molar-refractivity contribution in [3.8, 4) is 0 Å². The minimum atomic E-state index is -0.0278. The van der Waals surface area contributed by atoms with E-state index in [0.717, 1.165) is 32.8 Å². The van der Waals surface area contributed by atoms with Crippen LogP contribution in [0.2, 0.25) is 0 Å². The van der Waals surface area contributed by atoms with Crippen molar-refractivity contribution in [3.05, 3.63) is 22.9 Å². The number of rotatable bonds is 6. The van der Waals surface area contributed by atoms with Crippen LogP contribution >= 0.6 is 0 Å². The van der Waals surface area contributed by atoms with E-state index in [0.29, 0.717) is 6.10 Å². The van der Waals surface area contributed by atoms with E-state index in [9.17, 15) is 4.79 Å².